The van der Waals surface area contributed by atoms with Gasteiger partial charge in [-0.25, -0.2) is 4.85 Å². The third-order valence-electron chi connectivity index (χ3n) is 3.58. The topological polar surface area (TPSA) is 91.5 Å². The minimum absolute atomic E-state index is 0.0668. The first-order valence-corrected chi connectivity index (χ1v) is 8.38. The molecule has 0 fully saturated rings. The van der Waals surface area contributed by atoms with E-state index in [1.165, 1.54) is 12.4 Å². The molecule has 0 bridgehead atoms. The molecule has 0 unspecified atom stereocenters. The summed E-state index contributed by atoms with van der Waals surface area (Å²) < 4.78 is 0. The van der Waals surface area contributed by atoms with Crippen molar-refractivity contribution in [2.45, 2.75) is 0 Å². The smallest absolute Gasteiger partial charge is 0.200 e. The zero-order chi connectivity index (χ0) is 20.2. The normalized spacial score (nSPS) is 11.7. The Balaban J connectivity index is 1.94. The Morgan fingerprint density at radius 2 is 1.54 bits per heavy atom. The van der Waals surface area contributed by atoms with E-state index in [-0.39, 0.29) is 24.4 Å². The molecule has 0 saturated heterocycles. The molecule has 0 amide bonds. The van der Waals surface area contributed by atoms with Crippen molar-refractivity contribution in [3.63, 3.8) is 0 Å². The molecular weight excluding hydrogens is 352 g/mol. The van der Waals surface area contributed by atoms with Gasteiger partial charge in [-0.2, -0.15) is 0 Å². The number of nitrogens with zero attached hydrogens (tertiary/aromatic N) is 4. The Morgan fingerprint density at radius 3 is 2.07 bits per heavy atom. The van der Waals surface area contributed by atoms with Gasteiger partial charge in [0.15, 0.2) is 11.5 Å². The van der Waals surface area contributed by atoms with Crippen molar-refractivity contribution in [1.29, 1.82) is 0 Å². The van der Waals surface area contributed by atoms with Gasteiger partial charge >= 0.3 is 0 Å². The average molecular weight is 368 g/mol. The fraction of sp³-hybridized carbons (Fsp3) is 0.0909. The second-order valence-corrected chi connectivity index (χ2v) is 5.48. The van der Waals surface area contributed by atoms with Crippen LogP contribution in [0.3, 0.4) is 0 Å². The van der Waals surface area contributed by atoms with Gasteiger partial charge in [0.05, 0.1) is 25.2 Å². The molecule has 0 N–H and O–H groups in total. The fourth-order valence-electron chi connectivity index (χ4n) is 2.18. The largest absolute Gasteiger partial charge is 0.881 e. The lowest BCUT2D eigenvalue weighted by atomic mass is 10.1. The van der Waals surface area contributed by atoms with Crippen LogP contribution in [0.5, 0.6) is 0 Å². The van der Waals surface area contributed by atoms with Crippen molar-refractivity contribution in [2.24, 2.45) is 9.98 Å². The first-order valence-electron chi connectivity index (χ1n) is 8.38. The Hall–Kier alpha value is -4.07. The van der Waals surface area contributed by atoms with Crippen LogP contribution in [0.15, 0.2) is 81.9 Å². The van der Waals surface area contributed by atoms with Crippen LogP contribution in [0.1, 0.15) is 15.9 Å². The molecule has 0 radical (unpaired) electrons. The van der Waals surface area contributed by atoms with Crippen LogP contribution in [0.25, 0.3) is 16.0 Å². The lowest BCUT2D eigenvalue weighted by Gasteiger charge is -2.13. The van der Waals surface area contributed by atoms with E-state index in [4.69, 9.17) is 12.0 Å². The highest BCUT2D eigenvalue weighted by Gasteiger charge is 2.07. The molecule has 0 spiro atoms. The number of allylic oxidation sites excluding steroid dienone is 2. The predicted octanol–water partition coefficient (Wildman–Crippen LogP) is 2.82. The number of hydrogen-bond donors (Lipinski definition) is 0. The van der Waals surface area contributed by atoms with Crippen LogP contribution in [-0.4, -0.2) is 37.2 Å². The summed E-state index contributed by atoms with van der Waals surface area (Å²) in [6, 6.07) is 17.0. The summed E-state index contributed by atoms with van der Waals surface area (Å²) in [6.07, 6.45) is 2.45. The van der Waals surface area contributed by atoms with Crippen LogP contribution < -0.4 is 5.11 Å². The van der Waals surface area contributed by atoms with Gasteiger partial charge in [-0.3, -0.25) is 15.7 Å². The van der Waals surface area contributed by atoms with E-state index in [9.17, 15) is 9.90 Å². The summed E-state index contributed by atoms with van der Waals surface area (Å²) in [6.45, 7) is 7.57. The first kappa shape index (κ1) is 20.2. The van der Waals surface area contributed by atoms with Crippen LogP contribution >= 0.6 is 0 Å². The Kier molecular flexibility index (Phi) is 7.82. The number of benzene rings is 2. The zero-order valence-corrected chi connectivity index (χ0v) is 14.9. The summed E-state index contributed by atoms with van der Waals surface area (Å²) >= 11 is 0. The Morgan fingerprint density at radius 1 is 1.00 bits per heavy atom. The maximum Gasteiger partial charge on any atom is 0.200 e. The van der Waals surface area contributed by atoms with Gasteiger partial charge in [0.2, 0.25) is 0 Å². The minimum Gasteiger partial charge on any atom is -0.881 e. The van der Waals surface area contributed by atoms with Gasteiger partial charge in [-0.05, 0) is 5.56 Å². The maximum atomic E-state index is 12.2. The van der Waals surface area contributed by atoms with Crippen LogP contribution in [0, 0.1) is 6.57 Å². The van der Waals surface area contributed by atoms with Crippen molar-refractivity contribution < 1.29 is 9.90 Å². The molecule has 0 saturated carbocycles. The summed E-state index contributed by atoms with van der Waals surface area (Å²) in [5.74, 6) is 1.05. The average Bonchev–Trinajstić information content (AvgIpc) is 2.76. The van der Waals surface area contributed by atoms with Gasteiger partial charge in [0.1, 0.15) is 0 Å². The van der Waals surface area contributed by atoms with Gasteiger partial charge in [0, 0.05) is 18.0 Å². The van der Waals surface area contributed by atoms with Crippen molar-refractivity contribution in [2.75, 3.05) is 13.1 Å². The lowest BCUT2D eigenvalue weighted by Crippen LogP contribution is -2.06. The van der Waals surface area contributed by atoms with E-state index in [1.54, 1.807) is 60.7 Å². The summed E-state index contributed by atoms with van der Waals surface area (Å²) in [5, 5.41) is 21.3. The number of rotatable bonds is 8. The second kappa shape index (κ2) is 10.8. The SMILES string of the molecule is [C-]#[N+]/C(C=NCCN=CC(=C=[N-])C(=O)c1ccccc1)=C(/[O-])c1ccccc1. The van der Waals surface area contributed by atoms with Gasteiger partial charge in [-0.1, -0.05) is 66.4 Å². The van der Waals surface area contributed by atoms with Gasteiger partial charge < -0.3 is 15.5 Å². The molecular formula is C22H16N4O2-2. The molecule has 0 aliphatic carbocycles. The molecule has 0 aliphatic heterocycles. The van der Waals surface area contributed by atoms with Crippen molar-refractivity contribution in [1.82, 2.24) is 0 Å². The molecule has 2 aromatic carbocycles. The standard InChI is InChI=1S/C22H17N4O2/c1-24-20(22(28)18-10-6-3-7-11-18)16-26-13-12-25-15-19(14-23)21(27)17-8-4-2-5-9-17/h2-11,15-16,28H,12-13H2/q-1/p-1/b22-20+,25-15?,26-16?. The van der Waals surface area contributed by atoms with E-state index in [0.29, 0.717) is 11.1 Å². The molecule has 6 heteroatoms. The molecule has 2 aromatic rings. The van der Waals surface area contributed by atoms with Gasteiger partial charge in [0.25, 0.3) is 0 Å². The molecule has 0 atom stereocenters. The number of aliphatic imine (C=N–C) groups is 2. The fourth-order valence-corrected chi connectivity index (χ4v) is 2.18. The summed E-state index contributed by atoms with van der Waals surface area (Å²) in [4.78, 5) is 23.4. The quantitative estimate of drug-likeness (QED) is 0.179. The highest BCUT2D eigenvalue weighted by Crippen LogP contribution is 2.12. The summed E-state index contributed by atoms with van der Waals surface area (Å²) in [5.41, 5.74) is 0.687. The molecule has 28 heavy (non-hydrogen) atoms. The molecule has 0 heterocycles. The highest BCUT2D eigenvalue weighted by atomic mass is 16.3. The van der Waals surface area contributed by atoms with Crippen LogP contribution in [0.4, 0.5) is 0 Å². The molecule has 2 rings (SSSR count). The molecule has 0 aliphatic rings. The second-order valence-electron chi connectivity index (χ2n) is 5.48. The lowest BCUT2D eigenvalue weighted by molar-refractivity contribution is -0.244. The number of Topliss-reactive ketones (excluding diaryl/α,β-unsaturated/α-hetero) is 1. The zero-order valence-electron chi connectivity index (χ0n) is 14.9. The third-order valence-corrected chi connectivity index (χ3v) is 3.58. The van der Waals surface area contributed by atoms with E-state index < -0.39 is 11.5 Å². The molecule has 6 nitrogen and oxygen atoms in total. The highest BCUT2D eigenvalue weighted by molar-refractivity contribution is 6.26. The summed E-state index contributed by atoms with van der Waals surface area (Å²) in [7, 11) is 0. The maximum absolute atomic E-state index is 12.2. The van der Waals surface area contributed by atoms with E-state index in [2.05, 4.69) is 14.8 Å². The first-order chi connectivity index (χ1) is 13.7. The number of carbonyl (C=O) groups is 1. The van der Waals surface area contributed by atoms with Crippen molar-refractivity contribution in [3.05, 3.63) is 99.9 Å². The third kappa shape index (κ3) is 5.73. The van der Waals surface area contributed by atoms with E-state index >= 15 is 0 Å². The molecule has 138 valence electrons. The Bertz CT molecular complexity index is 994. The van der Waals surface area contributed by atoms with E-state index in [0.717, 1.165) is 0 Å². The minimum atomic E-state index is -0.396. The number of hydrogen-bond acceptors (Lipinski definition) is 4. The van der Waals surface area contributed by atoms with Gasteiger partial charge in [-0.15, -0.1) is 0 Å². The Labute approximate surface area is 163 Å². The molecule has 0 aromatic heterocycles. The van der Waals surface area contributed by atoms with Crippen molar-refractivity contribution >= 4 is 29.8 Å². The number of ketones is 1. The van der Waals surface area contributed by atoms with Crippen LogP contribution in [0.2, 0.25) is 0 Å². The monoisotopic (exact) mass is 368 g/mol. The van der Waals surface area contributed by atoms with E-state index in [1.807, 2.05) is 5.87 Å². The predicted molar refractivity (Wildman–Crippen MR) is 109 cm³/mol. The van der Waals surface area contributed by atoms with Crippen LogP contribution in [-0.2, 0) is 0 Å². The number of carbonyl (C=O) groups excluding carboxylic acids is 1. The van der Waals surface area contributed by atoms with Crippen molar-refractivity contribution in [3.8, 4) is 0 Å².